The van der Waals surface area contributed by atoms with E-state index in [-0.39, 0.29) is 6.61 Å². The van der Waals surface area contributed by atoms with E-state index in [1.165, 1.54) is 25.9 Å². The highest BCUT2D eigenvalue weighted by Crippen LogP contribution is 2.37. The van der Waals surface area contributed by atoms with Gasteiger partial charge >= 0.3 is 0 Å². The zero-order valence-corrected chi connectivity index (χ0v) is 33.5. The van der Waals surface area contributed by atoms with Crippen LogP contribution < -0.4 is 14.2 Å². The monoisotopic (exact) mass is 768 g/mol. The van der Waals surface area contributed by atoms with Crippen molar-refractivity contribution >= 4 is 22.5 Å². The van der Waals surface area contributed by atoms with Crippen molar-refractivity contribution in [2.45, 2.75) is 59.4 Å². The van der Waals surface area contributed by atoms with Crippen LogP contribution in [0.5, 0.6) is 17.2 Å². The number of rotatable bonds is 16. The maximum Gasteiger partial charge on any atom is 0.142 e. The van der Waals surface area contributed by atoms with Crippen molar-refractivity contribution in [3.63, 3.8) is 0 Å². The van der Waals surface area contributed by atoms with Crippen molar-refractivity contribution in [3.05, 3.63) is 135 Å². The van der Waals surface area contributed by atoms with Gasteiger partial charge < -0.3 is 19.1 Å². The van der Waals surface area contributed by atoms with E-state index in [0.29, 0.717) is 48.4 Å². The molecule has 1 aliphatic heterocycles. The summed E-state index contributed by atoms with van der Waals surface area (Å²) < 4.78 is 21.1. The van der Waals surface area contributed by atoms with Gasteiger partial charge in [-0.2, -0.15) is 10.4 Å². The molecule has 4 aromatic carbocycles. The number of nitrogens with zero attached hydrogens (tertiary/aromatic N) is 6. The van der Waals surface area contributed by atoms with E-state index in [1.54, 1.807) is 18.5 Å². The first-order chi connectivity index (χ1) is 27.3. The molecule has 56 heavy (non-hydrogen) atoms. The van der Waals surface area contributed by atoms with Gasteiger partial charge in [0, 0.05) is 61.7 Å². The van der Waals surface area contributed by atoms with Crippen LogP contribution in [0, 0.1) is 25.2 Å². The summed E-state index contributed by atoms with van der Waals surface area (Å²) in [5.41, 5.74) is 9.89. The average Bonchev–Trinajstić information content (AvgIpc) is 3.84. The third-order valence-corrected chi connectivity index (χ3v) is 10.9. The summed E-state index contributed by atoms with van der Waals surface area (Å²) in [4.78, 5) is 8.93. The van der Waals surface area contributed by atoms with Crippen molar-refractivity contribution in [2.75, 3.05) is 33.3 Å². The van der Waals surface area contributed by atoms with E-state index >= 15 is 0 Å². The Labute approximate surface area is 335 Å². The number of fused-ring (bicyclic) bond motifs is 1. The summed E-state index contributed by atoms with van der Waals surface area (Å²) in [6, 6.07) is 28.6. The molecule has 0 atom stereocenters. The molecule has 3 heterocycles. The Hall–Kier alpha value is -5.40. The molecule has 0 spiro atoms. The fourth-order valence-corrected chi connectivity index (χ4v) is 7.81. The fraction of sp³-hybridized carbons (Fsp3) is 0.326. The number of ether oxygens (including phenoxy) is 3. The molecule has 0 N–H and O–H groups in total. The normalized spacial score (nSPS) is 13.0. The van der Waals surface area contributed by atoms with Crippen molar-refractivity contribution < 1.29 is 14.2 Å². The highest BCUT2D eigenvalue weighted by atomic mass is 35.5. The van der Waals surface area contributed by atoms with Gasteiger partial charge in [-0.3, -0.25) is 14.6 Å². The molecule has 1 saturated heterocycles. The topological polar surface area (TPSA) is 88.7 Å². The molecule has 0 unspecified atom stereocenters. The Balaban J connectivity index is 1.08. The molecule has 288 valence electrons. The lowest BCUT2D eigenvalue weighted by molar-refractivity contribution is 0.262. The maximum absolute atomic E-state index is 9.42. The zero-order chi connectivity index (χ0) is 39.0. The van der Waals surface area contributed by atoms with Crippen LogP contribution in [0.25, 0.3) is 22.0 Å². The summed E-state index contributed by atoms with van der Waals surface area (Å²) in [5, 5.41) is 15.8. The summed E-state index contributed by atoms with van der Waals surface area (Å²) >= 11 is 6.97. The Kier molecular flexibility index (Phi) is 12.5. The molecule has 0 radical (unpaired) electrons. The van der Waals surface area contributed by atoms with Crippen LogP contribution in [-0.2, 0) is 33.4 Å². The molecule has 2 aromatic heterocycles. The minimum Gasteiger partial charge on any atom is -0.493 e. The van der Waals surface area contributed by atoms with E-state index in [9.17, 15) is 5.26 Å². The number of likely N-dealkylation sites (tertiary alicyclic amines) is 1. The number of aromatic nitrogens is 3. The number of halogens is 1. The van der Waals surface area contributed by atoms with Crippen LogP contribution in [0.4, 0.5) is 0 Å². The lowest BCUT2D eigenvalue weighted by atomic mass is 9.93. The average molecular weight is 769 g/mol. The second kappa shape index (κ2) is 18.0. The molecule has 10 heteroatoms. The predicted octanol–water partition coefficient (Wildman–Crippen LogP) is 9.43. The lowest BCUT2D eigenvalue weighted by Gasteiger charge is -2.21. The van der Waals surface area contributed by atoms with Crippen LogP contribution in [-0.4, -0.2) is 57.9 Å². The van der Waals surface area contributed by atoms with Gasteiger partial charge in [-0.25, -0.2) is 0 Å². The molecule has 0 saturated carbocycles. The smallest absolute Gasteiger partial charge is 0.142 e. The zero-order valence-electron chi connectivity index (χ0n) is 32.7. The van der Waals surface area contributed by atoms with Gasteiger partial charge in [0.25, 0.3) is 0 Å². The van der Waals surface area contributed by atoms with E-state index < -0.39 is 0 Å². The lowest BCUT2D eigenvalue weighted by Crippen LogP contribution is -2.22. The highest BCUT2D eigenvalue weighted by molar-refractivity contribution is 6.32. The van der Waals surface area contributed by atoms with Crippen LogP contribution in [0.1, 0.15) is 58.3 Å². The van der Waals surface area contributed by atoms with Gasteiger partial charge in [-0.05, 0) is 105 Å². The van der Waals surface area contributed by atoms with E-state index in [0.717, 1.165) is 74.3 Å². The standard InChI is InChI=1S/C46H49ClN6O3/c1-32-36(12-9-14-38(32)39-15-10-17-44(33(39)2)54-21-11-20-53-18-7-8-19-53)31-56-46-24-45(55-30-35-22-34(25-48)26-49-27-35)37(23-41(46)47)28-51(3)29-42-40-13-5-6-16-43(40)52(4)50-42/h5-6,9-10,12-17,22-24,26-27H,7-8,11,18-21,28-31H2,1-4H3. The second-order valence-corrected chi connectivity index (χ2v) is 15.1. The van der Waals surface area contributed by atoms with Crippen molar-refractivity contribution in [2.24, 2.45) is 7.05 Å². The Morgan fingerprint density at radius 2 is 1.57 bits per heavy atom. The largest absolute Gasteiger partial charge is 0.493 e. The molecular formula is C46H49ClN6O3. The Morgan fingerprint density at radius 3 is 2.39 bits per heavy atom. The van der Waals surface area contributed by atoms with Crippen molar-refractivity contribution in [3.8, 4) is 34.4 Å². The molecule has 1 fully saturated rings. The first kappa shape index (κ1) is 38.9. The van der Waals surface area contributed by atoms with Crippen LogP contribution in [0.2, 0.25) is 5.02 Å². The SMILES string of the molecule is Cc1c(COc2cc(OCc3cncc(C#N)c3)c(CN(C)Cc3nn(C)c4ccccc34)cc2Cl)cccc1-c1cccc(OCCCN2CCCC2)c1C. The van der Waals surface area contributed by atoms with Gasteiger partial charge in [-0.1, -0.05) is 60.1 Å². The van der Waals surface area contributed by atoms with E-state index in [2.05, 4.69) is 90.3 Å². The van der Waals surface area contributed by atoms with Crippen LogP contribution in [0.3, 0.4) is 0 Å². The van der Waals surface area contributed by atoms with Gasteiger partial charge in [0.15, 0.2) is 0 Å². The van der Waals surface area contributed by atoms with Crippen molar-refractivity contribution in [1.82, 2.24) is 24.6 Å². The summed E-state index contributed by atoms with van der Waals surface area (Å²) in [6.45, 7) is 10.2. The van der Waals surface area contributed by atoms with Gasteiger partial charge in [0.1, 0.15) is 36.5 Å². The molecular weight excluding hydrogens is 720 g/mol. The van der Waals surface area contributed by atoms with Gasteiger partial charge in [0.05, 0.1) is 28.4 Å². The van der Waals surface area contributed by atoms with Gasteiger partial charge in [-0.15, -0.1) is 0 Å². The molecule has 9 nitrogen and oxygen atoms in total. The fourth-order valence-electron chi connectivity index (χ4n) is 7.57. The minimum atomic E-state index is 0.229. The van der Waals surface area contributed by atoms with Crippen molar-refractivity contribution in [1.29, 1.82) is 5.26 Å². The number of hydrogen-bond donors (Lipinski definition) is 0. The highest BCUT2D eigenvalue weighted by Gasteiger charge is 2.18. The minimum absolute atomic E-state index is 0.229. The maximum atomic E-state index is 9.42. The third-order valence-electron chi connectivity index (χ3n) is 10.6. The number of hydrogen-bond acceptors (Lipinski definition) is 8. The third kappa shape index (κ3) is 9.17. The molecule has 7 rings (SSSR count). The number of pyridine rings is 1. The molecule has 1 aliphatic rings. The summed E-state index contributed by atoms with van der Waals surface area (Å²) in [6.07, 6.45) is 6.89. The Bertz CT molecular complexity index is 2340. The number of para-hydroxylation sites is 1. The first-order valence-electron chi connectivity index (χ1n) is 19.3. The Morgan fingerprint density at radius 1 is 0.804 bits per heavy atom. The van der Waals surface area contributed by atoms with E-state index in [1.807, 2.05) is 36.0 Å². The van der Waals surface area contributed by atoms with Crippen LogP contribution >= 0.6 is 11.6 Å². The van der Waals surface area contributed by atoms with Crippen LogP contribution in [0.15, 0.2) is 91.3 Å². The van der Waals surface area contributed by atoms with E-state index in [4.69, 9.17) is 30.9 Å². The summed E-state index contributed by atoms with van der Waals surface area (Å²) in [5.74, 6) is 2.10. The number of aryl methyl sites for hydroxylation is 1. The van der Waals surface area contributed by atoms with Gasteiger partial charge in [0.2, 0.25) is 0 Å². The molecule has 0 amide bonds. The predicted molar refractivity (Wildman–Crippen MR) is 222 cm³/mol. The summed E-state index contributed by atoms with van der Waals surface area (Å²) in [7, 11) is 4.02. The second-order valence-electron chi connectivity index (χ2n) is 14.7. The quantitative estimate of drug-likeness (QED) is 0.0901. The molecule has 0 aliphatic carbocycles. The number of benzene rings is 4. The molecule has 6 aromatic rings. The molecule has 0 bridgehead atoms. The number of nitriles is 1. The first-order valence-corrected chi connectivity index (χ1v) is 19.7.